The number of pyridine rings is 1. The van der Waals surface area contributed by atoms with Crippen LogP contribution in [0, 0.1) is 0 Å². The van der Waals surface area contributed by atoms with Crippen molar-refractivity contribution >= 4 is 17.5 Å². The number of carbonyl (C=O) groups excluding carboxylic acids is 1. The van der Waals surface area contributed by atoms with Gasteiger partial charge in [0.2, 0.25) is 0 Å². The van der Waals surface area contributed by atoms with Crippen molar-refractivity contribution in [2.24, 2.45) is 0 Å². The van der Waals surface area contributed by atoms with Gasteiger partial charge in [0.15, 0.2) is 11.6 Å². The first-order chi connectivity index (χ1) is 12.3. The van der Waals surface area contributed by atoms with E-state index in [9.17, 15) is 4.79 Å². The number of rotatable bonds is 2. The summed E-state index contributed by atoms with van der Waals surface area (Å²) in [4.78, 5) is 18.7. The van der Waals surface area contributed by atoms with Crippen LogP contribution in [0.3, 0.4) is 0 Å². The SMILES string of the molecule is O=C(Nc1ccccc1)N1CCOc2cc(-c3ccccc3)cnc21. The van der Waals surface area contributed by atoms with E-state index in [1.54, 1.807) is 11.1 Å². The molecule has 2 aromatic carbocycles. The summed E-state index contributed by atoms with van der Waals surface area (Å²) in [5.41, 5.74) is 2.78. The normalized spacial score (nSPS) is 12.9. The Hall–Kier alpha value is -3.34. The quantitative estimate of drug-likeness (QED) is 0.766. The van der Waals surface area contributed by atoms with Crippen molar-refractivity contribution in [2.45, 2.75) is 0 Å². The van der Waals surface area contributed by atoms with Crippen molar-refractivity contribution in [3.05, 3.63) is 72.9 Å². The van der Waals surface area contributed by atoms with Gasteiger partial charge in [-0.1, -0.05) is 48.5 Å². The summed E-state index contributed by atoms with van der Waals surface area (Å²) in [5, 5.41) is 2.89. The van der Waals surface area contributed by atoms with Gasteiger partial charge in [0.25, 0.3) is 0 Å². The molecule has 0 radical (unpaired) electrons. The molecule has 0 aliphatic carbocycles. The molecule has 3 aromatic rings. The molecular weight excluding hydrogens is 314 g/mol. The number of nitrogens with one attached hydrogen (secondary N) is 1. The molecule has 25 heavy (non-hydrogen) atoms. The summed E-state index contributed by atoms with van der Waals surface area (Å²) in [6, 6.07) is 21.1. The molecular formula is C20H17N3O2. The monoisotopic (exact) mass is 331 g/mol. The highest BCUT2D eigenvalue weighted by atomic mass is 16.5. The van der Waals surface area contributed by atoms with E-state index in [1.165, 1.54) is 0 Å². The third kappa shape index (κ3) is 3.17. The predicted molar refractivity (Wildman–Crippen MR) is 98.0 cm³/mol. The Balaban J connectivity index is 1.61. The summed E-state index contributed by atoms with van der Waals surface area (Å²) in [6.45, 7) is 0.901. The van der Waals surface area contributed by atoms with Crippen molar-refractivity contribution in [1.82, 2.24) is 4.98 Å². The zero-order chi connectivity index (χ0) is 17.1. The lowest BCUT2D eigenvalue weighted by Crippen LogP contribution is -2.41. The number of para-hydroxylation sites is 1. The number of carbonyl (C=O) groups is 1. The minimum Gasteiger partial charge on any atom is -0.488 e. The van der Waals surface area contributed by atoms with Crippen molar-refractivity contribution in [2.75, 3.05) is 23.4 Å². The number of fused-ring (bicyclic) bond motifs is 1. The standard InChI is InChI=1S/C20H17N3O2/c24-20(22-17-9-5-2-6-10-17)23-11-12-25-18-13-16(14-21-19(18)23)15-7-3-1-4-8-15/h1-10,13-14H,11-12H2,(H,22,24). The van der Waals surface area contributed by atoms with E-state index in [0.717, 1.165) is 16.8 Å². The first-order valence-electron chi connectivity index (χ1n) is 8.13. The molecule has 1 N–H and O–H groups in total. The molecule has 0 atom stereocenters. The van der Waals surface area contributed by atoms with Crippen LogP contribution in [0.15, 0.2) is 72.9 Å². The van der Waals surface area contributed by atoms with Crippen molar-refractivity contribution < 1.29 is 9.53 Å². The molecule has 0 saturated carbocycles. The number of aromatic nitrogens is 1. The maximum atomic E-state index is 12.6. The van der Waals surface area contributed by atoms with Crippen LogP contribution in [-0.2, 0) is 0 Å². The molecule has 5 nitrogen and oxygen atoms in total. The van der Waals surface area contributed by atoms with E-state index in [1.807, 2.05) is 66.7 Å². The van der Waals surface area contributed by atoms with Gasteiger partial charge < -0.3 is 10.1 Å². The average Bonchev–Trinajstić information content (AvgIpc) is 2.68. The molecule has 2 amide bonds. The fourth-order valence-electron chi connectivity index (χ4n) is 2.80. The lowest BCUT2D eigenvalue weighted by Gasteiger charge is -2.28. The van der Waals surface area contributed by atoms with Crippen LogP contribution in [0.25, 0.3) is 11.1 Å². The minimum absolute atomic E-state index is 0.212. The summed E-state index contributed by atoms with van der Waals surface area (Å²) < 4.78 is 5.73. The molecule has 5 heteroatoms. The van der Waals surface area contributed by atoms with E-state index in [-0.39, 0.29) is 6.03 Å². The van der Waals surface area contributed by atoms with Gasteiger partial charge >= 0.3 is 6.03 Å². The number of hydrogen-bond donors (Lipinski definition) is 1. The molecule has 0 bridgehead atoms. The third-order valence-corrected chi connectivity index (χ3v) is 4.04. The topological polar surface area (TPSA) is 54.5 Å². The summed E-state index contributed by atoms with van der Waals surface area (Å²) in [7, 11) is 0. The first kappa shape index (κ1) is 15.2. The molecule has 1 aliphatic rings. The highest BCUT2D eigenvalue weighted by Crippen LogP contribution is 2.33. The van der Waals surface area contributed by atoms with E-state index in [4.69, 9.17) is 4.74 Å². The lowest BCUT2D eigenvalue weighted by molar-refractivity contribution is 0.249. The highest BCUT2D eigenvalue weighted by Gasteiger charge is 2.25. The second-order valence-electron chi connectivity index (χ2n) is 5.71. The fourth-order valence-corrected chi connectivity index (χ4v) is 2.80. The van der Waals surface area contributed by atoms with Gasteiger partial charge in [-0.25, -0.2) is 9.78 Å². The summed E-state index contributed by atoms with van der Waals surface area (Å²) >= 11 is 0. The zero-order valence-corrected chi connectivity index (χ0v) is 13.6. The smallest absolute Gasteiger partial charge is 0.327 e. The maximum absolute atomic E-state index is 12.6. The van der Waals surface area contributed by atoms with Crippen LogP contribution in [0.1, 0.15) is 0 Å². The molecule has 0 saturated heterocycles. The van der Waals surface area contributed by atoms with Gasteiger partial charge in [0.1, 0.15) is 6.61 Å². The molecule has 0 unspecified atom stereocenters. The molecule has 1 aromatic heterocycles. The van der Waals surface area contributed by atoms with Crippen molar-refractivity contribution in [1.29, 1.82) is 0 Å². The second-order valence-corrected chi connectivity index (χ2v) is 5.71. The summed E-state index contributed by atoms with van der Waals surface area (Å²) in [5.74, 6) is 1.16. The van der Waals surface area contributed by atoms with Crippen molar-refractivity contribution in [3.8, 4) is 16.9 Å². The van der Waals surface area contributed by atoms with Crippen LogP contribution in [-0.4, -0.2) is 24.2 Å². The zero-order valence-electron chi connectivity index (χ0n) is 13.6. The predicted octanol–water partition coefficient (Wildman–Crippen LogP) is 4.18. The minimum atomic E-state index is -0.212. The Kier molecular flexibility index (Phi) is 4.04. The Morgan fingerprint density at radius 2 is 1.72 bits per heavy atom. The van der Waals surface area contributed by atoms with Crippen LogP contribution in [0.2, 0.25) is 0 Å². The van der Waals surface area contributed by atoms with Crippen LogP contribution < -0.4 is 15.0 Å². The van der Waals surface area contributed by atoms with Gasteiger partial charge in [0, 0.05) is 17.4 Å². The first-order valence-corrected chi connectivity index (χ1v) is 8.13. The van der Waals surface area contributed by atoms with Gasteiger partial charge in [-0.3, -0.25) is 4.90 Å². The fraction of sp³-hybridized carbons (Fsp3) is 0.100. The van der Waals surface area contributed by atoms with E-state index >= 15 is 0 Å². The average molecular weight is 331 g/mol. The number of nitrogens with zero attached hydrogens (tertiary/aromatic N) is 2. The molecule has 0 spiro atoms. The summed E-state index contributed by atoms with van der Waals surface area (Å²) in [6.07, 6.45) is 1.77. The largest absolute Gasteiger partial charge is 0.488 e. The van der Waals surface area contributed by atoms with Gasteiger partial charge in [-0.15, -0.1) is 0 Å². The molecule has 1 aliphatic heterocycles. The Morgan fingerprint density at radius 1 is 1.00 bits per heavy atom. The Labute approximate surface area is 145 Å². The van der Waals surface area contributed by atoms with E-state index in [0.29, 0.717) is 24.7 Å². The lowest BCUT2D eigenvalue weighted by atomic mass is 10.1. The molecule has 0 fully saturated rings. The number of hydrogen-bond acceptors (Lipinski definition) is 3. The van der Waals surface area contributed by atoms with E-state index < -0.39 is 0 Å². The van der Waals surface area contributed by atoms with Crippen molar-refractivity contribution in [3.63, 3.8) is 0 Å². The van der Waals surface area contributed by atoms with Gasteiger partial charge in [0.05, 0.1) is 6.54 Å². The number of urea groups is 1. The third-order valence-electron chi connectivity index (χ3n) is 4.04. The van der Waals surface area contributed by atoms with Gasteiger partial charge in [-0.05, 0) is 23.8 Å². The second kappa shape index (κ2) is 6.65. The molecule has 4 rings (SSSR count). The van der Waals surface area contributed by atoms with Crippen LogP contribution in [0.5, 0.6) is 5.75 Å². The molecule has 124 valence electrons. The number of anilines is 2. The number of benzene rings is 2. The number of ether oxygens (including phenoxy) is 1. The maximum Gasteiger partial charge on any atom is 0.327 e. The van der Waals surface area contributed by atoms with Gasteiger partial charge in [-0.2, -0.15) is 0 Å². The Morgan fingerprint density at radius 3 is 2.48 bits per heavy atom. The number of amides is 2. The molecule has 2 heterocycles. The highest BCUT2D eigenvalue weighted by molar-refractivity contribution is 6.02. The van der Waals surface area contributed by atoms with E-state index in [2.05, 4.69) is 10.3 Å². The van der Waals surface area contributed by atoms with Crippen LogP contribution >= 0.6 is 0 Å². The van der Waals surface area contributed by atoms with Crippen LogP contribution in [0.4, 0.5) is 16.3 Å². The Bertz CT molecular complexity index is 882.